The summed E-state index contributed by atoms with van der Waals surface area (Å²) >= 11 is 2.19. The Balaban J connectivity index is 2.49. The summed E-state index contributed by atoms with van der Waals surface area (Å²) in [6.07, 6.45) is 5.27. The molecule has 3 nitrogen and oxygen atoms in total. The van der Waals surface area contributed by atoms with Gasteiger partial charge in [-0.1, -0.05) is 125 Å². The third-order valence-electron chi connectivity index (χ3n) is 5.64. The summed E-state index contributed by atoms with van der Waals surface area (Å²) in [5.74, 6) is -0.845. The number of carbonyl (C=O) groups is 2. The smallest absolute Gasteiger partial charge is 0.343 e. The first-order valence-corrected chi connectivity index (χ1v) is 14.7. The lowest BCUT2D eigenvalue weighted by atomic mass is 10.1. The maximum absolute atomic E-state index is 14.1. The van der Waals surface area contributed by atoms with Crippen LogP contribution in [-0.4, -0.2) is 23.7 Å². The van der Waals surface area contributed by atoms with Gasteiger partial charge in [-0.3, -0.25) is 4.79 Å². The molecule has 0 aliphatic carbocycles. The van der Waals surface area contributed by atoms with E-state index >= 15 is 0 Å². The second-order valence-corrected chi connectivity index (χ2v) is 12.1. The molecule has 0 aliphatic rings. The van der Waals surface area contributed by atoms with Gasteiger partial charge in [0, 0.05) is 0 Å². The van der Waals surface area contributed by atoms with Gasteiger partial charge in [0.15, 0.2) is 5.78 Å². The highest BCUT2D eigenvalue weighted by molar-refractivity contribution is 14.1. The van der Waals surface area contributed by atoms with Crippen LogP contribution < -0.4 is 15.9 Å². The number of rotatable bonds is 10. The fourth-order valence-corrected chi connectivity index (χ4v) is 8.75. The van der Waals surface area contributed by atoms with Crippen molar-refractivity contribution < 1.29 is 14.3 Å². The van der Waals surface area contributed by atoms with Crippen molar-refractivity contribution >= 4 is 62.4 Å². The molecule has 0 saturated heterocycles. The monoisotopic (exact) mass is 596 g/mol. The minimum atomic E-state index is -2.86. The summed E-state index contributed by atoms with van der Waals surface area (Å²) in [6, 6.07) is 29.7. The van der Waals surface area contributed by atoms with E-state index in [-0.39, 0.29) is 17.7 Å². The van der Waals surface area contributed by atoms with Crippen molar-refractivity contribution in [2.75, 3.05) is 6.61 Å². The van der Waals surface area contributed by atoms with Crippen molar-refractivity contribution in [1.29, 1.82) is 0 Å². The molecule has 0 spiro atoms. The average molecular weight is 596 g/mol. The van der Waals surface area contributed by atoms with Gasteiger partial charge in [0.25, 0.3) is 0 Å². The summed E-state index contributed by atoms with van der Waals surface area (Å²) in [4.78, 5) is 27.8. The van der Waals surface area contributed by atoms with Gasteiger partial charge in [-0.25, -0.2) is 4.79 Å². The largest absolute Gasteiger partial charge is 0.462 e. The quantitative estimate of drug-likeness (QED) is 0.0955. The van der Waals surface area contributed by atoms with E-state index < -0.39 is 12.9 Å². The Hall–Kier alpha value is -2.69. The highest BCUT2D eigenvalue weighted by atomic mass is 127. The number of ketones is 1. The molecule has 5 heteroatoms. The van der Waals surface area contributed by atoms with Crippen LogP contribution in [0.25, 0.3) is 0 Å². The van der Waals surface area contributed by atoms with E-state index in [0.29, 0.717) is 0 Å². The van der Waals surface area contributed by atoms with Gasteiger partial charge in [-0.15, -0.1) is 0 Å². The van der Waals surface area contributed by atoms with Crippen molar-refractivity contribution in [1.82, 2.24) is 0 Å². The molecule has 0 heterocycles. The summed E-state index contributed by atoms with van der Waals surface area (Å²) in [5.41, 5.74) is 0.929. The molecule has 0 saturated carbocycles. The molecule has 0 fully saturated rings. The zero-order valence-corrected chi connectivity index (χ0v) is 23.1. The number of benzene rings is 3. The topological polar surface area (TPSA) is 43.4 Å². The summed E-state index contributed by atoms with van der Waals surface area (Å²) < 4.78 is 7.54. The van der Waals surface area contributed by atoms with Crippen LogP contribution in [0.1, 0.15) is 26.7 Å². The lowest BCUT2D eigenvalue weighted by molar-refractivity contribution is -0.135. The van der Waals surface area contributed by atoms with Crippen LogP contribution in [0.2, 0.25) is 0 Å². The Bertz CT molecular complexity index is 1140. The van der Waals surface area contributed by atoms with Gasteiger partial charge in [-0.2, -0.15) is 0 Å². The summed E-state index contributed by atoms with van der Waals surface area (Å²) in [7, 11) is 0. The van der Waals surface area contributed by atoms with Gasteiger partial charge in [0.1, 0.15) is 5.29 Å². The molecule has 0 radical (unpaired) electrons. The van der Waals surface area contributed by atoms with E-state index in [9.17, 15) is 9.59 Å². The molecule has 0 unspecified atom stereocenters. The Kier molecular flexibility index (Phi) is 10.3. The first-order valence-electron chi connectivity index (χ1n) is 11.6. The number of halogens is 1. The van der Waals surface area contributed by atoms with Crippen LogP contribution in [0.5, 0.6) is 0 Å². The van der Waals surface area contributed by atoms with Crippen LogP contribution >= 0.6 is 29.5 Å². The first kappa shape index (κ1) is 26.9. The molecular weight excluding hydrogens is 566 g/mol. The second-order valence-electron chi connectivity index (χ2n) is 8.00. The lowest BCUT2D eigenvalue weighted by Crippen LogP contribution is -2.38. The molecule has 3 aromatic rings. The van der Waals surface area contributed by atoms with Gasteiger partial charge in [0.05, 0.1) is 6.61 Å². The fourth-order valence-electron chi connectivity index (χ4n) is 4.13. The molecular formula is C30H30IO3P. The number of esters is 1. The van der Waals surface area contributed by atoms with E-state index in [4.69, 9.17) is 4.74 Å². The van der Waals surface area contributed by atoms with E-state index in [1.54, 1.807) is 13.0 Å². The van der Waals surface area contributed by atoms with Crippen molar-refractivity contribution in [3.05, 3.63) is 113 Å². The van der Waals surface area contributed by atoms with Crippen LogP contribution in [0.15, 0.2) is 113 Å². The highest BCUT2D eigenvalue weighted by Gasteiger charge is 2.36. The van der Waals surface area contributed by atoms with Crippen molar-refractivity contribution in [2.45, 2.75) is 26.7 Å². The molecule has 0 aromatic heterocycles. The third-order valence-corrected chi connectivity index (χ3v) is 10.4. The summed E-state index contributed by atoms with van der Waals surface area (Å²) in [5, 5.41) is 3.01. The van der Waals surface area contributed by atoms with Crippen molar-refractivity contribution in [3.63, 3.8) is 0 Å². The Morgan fingerprint density at radius 1 is 0.829 bits per heavy atom. The number of hydrogen-bond donors (Lipinski definition) is 0. The number of ether oxygens (including phenoxy) is 1. The SMILES string of the molecule is CCOC(=O)C(C(=O)/C=C(\C)CC/C=C\I)=P(c1ccccc1)(c1ccccc1)c1ccccc1. The van der Waals surface area contributed by atoms with Crippen molar-refractivity contribution in [3.8, 4) is 0 Å². The fraction of sp³-hybridized carbons (Fsp3) is 0.167. The minimum absolute atomic E-state index is 0.192. The predicted octanol–water partition coefficient (Wildman–Crippen LogP) is 5.96. The minimum Gasteiger partial charge on any atom is -0.462 e. The standard InChI is InChI=1S/C30H30IO3P/c1-3-34-30(33)29(28(32)23-24(2)15-13-14-22-31)35(25-16-7-4-8-17-25,26-18-9-5-10-19-26)27-20-11-6-12-21-27/h4-12,14,16-23H,3,13,15H2,1-2H3/b22-14-,24-23+. The average Bonchev–Trinajstić information content (AvgIpc) is 2.89. The van der Waals surface area contributed by atoms with Gasteiger partial charge >= 0.3 is 5.97 Å². The van der Waals surface area contributed by atoms with Crippen LogP contribution in [0, 0.1) is 0 Å². The lowest BCUT2D eigenvalue weighted by Gasteiger charge is -2.31. The van der Waals surface area contributed by atoms with Crippen LogP contribution in [0.3, 0.4) is 0 Å². The van der Waals surface area contributed by atoms with Crippen LogP contribution in [0.4, 0.5) is 0 Å². The molecule has 3 aromatic carbocycles. The molecule has 0 aliphatic heterocycles. The zero-order valence-electron chi connectivity index (χ0n) is 20.1. The molecule has 0 amide bonds. The second kappa shape index (κ2) is 13.4. The third kappa shape index (κ3) is 6.31. The molecule has 0 bridgehead atoms. The predicted molar refractivity (Wildman–Crippen MR) is 158 cm³/mol. The normalized spacial score (nSPS) is 11.9. The molecule has 180 valence electrons. The number of hydrogen-bond acceptors (Lipinski definition) is 3. The Labute approximate surface area is 222 Å². The Morgan fingerprint density at radius 3 is 1.69 bits per heavy atom. The maximum Gasteiger partial charge on any atom is 0.343 e. The first-order chi connectivity index (χ1) is 17.1. The van der Waals surface area contributed by atoms with E-state index in [1.165, 1.54) is 0 Å². The van der Waals surface area contributed by atoms with Gasteiger partial charge in [0.2, 0.25) is 0 Å². The van der Waals surface area contributed by atoms with E-state index in [2.05, 4.69) is 28.7 Å². The molecule has 0 atom stereocenters. The summed E-state index contributed by atoms with van der Waals surface area (Å²) in [6.45, 7) is 1.04. The molecule has 35 heavy (non-hydrogen) atoms. The zero-order chi connectivity index (χ0) is 25.1. The number of carbonyl (C=O) groups excluding carboxylic acids is 2. The highest BCUT2D eigenvalue weighted by Crippen LogP contribution is 2.46. The van der Waals surface area contributed by atoms with Crippen molar-refractivity contribution in [2.24, 2.45) is 0 Å². The van der Waals surface area contributed by atoms with E-state index in [0.717, 1.165) is 34.3 Å². The number of allylic oxidation sites excluding steroid dienone is 3. The molecule has 0 N–H and O–H groups in total. The molecule has 3 rings (SSSR count). The van der Waals surface area contributed by atoms with Gasteiger partial charge in [-0.05, 0) is 59.6 Å². The van der Waals surface area contributed by atoms with Gasteiger partial charge < -0.3 is 4.74 Å². The van der Waals surface area contributed by atoms with Crippen LogP contribution in [-0.2, 0) is 14.3 Å². The maximum atomic E-state index is 14.1. The Morgan fingerprint density at radius 2 is 1.29 bits per heavy atom. The van der Waals surface area contributed by atoms with E-state index in [1.807, 2.05) is 102 Å².